The van der Waals surface area contributed by atoms with Crippen LogP contribution in [0.1, 0.15) is 102 Å². The molecule has 0 aliphatic heterocycles. The van der Waals surface area contributed by atoms with Crippen molar-refractivity contribution in [3.63, 3.8) is 0 Å². The molecular weight excluding hydrogens is 438 g/mol. The lowest BCUT2D eigenvalue weighted by atomic mass is 10.1. The maximum Gasteiger partial charge on any atom is 0.414 e. The van der Waals surface area contributed by atoms with E-state index in [1.807, 2.05) is 20.8 Å². The number of nitrogens with zero attached hydrogens (tertiary/aromatic N) is 3. The highest BCUT2D eigenvalue weighted by atomic mass is 16.6. The zero-order chi connectivity index (χ0) is 25.5. The van der Waals surface area contributed by atoms with Gasteiger partial charge in [-0.25, -0.2) is 9.78 Å². The molecule has 0 fully saturated rings. The summed E-state index contributed by atoms with van der Waals surface area (Å²) in [6.45, 7) is 8.39. The zero-order valence-corrected chi connectivity index (χ0v) is 22.0. The van der Waals surface area contributed by atoms with Crippen molar-refractivity contribution < 1.29 is 14.3 Å². The third kappa shape index (κ3) is 10.9. The number of hydrogen-bond acceptors (Lipinski definition) is 4. The number of rotatable bonds is 14. The van der Waals surface area contributed by atoms with Crippen LogP contribution in [0.15, 0.2) is 55.1 Å². The summed E-state index contributed by atoms with van der Waals surface area (Å²) in [5, 5.41) is 0. The molecule has 0 N–H and O–H groups in total. The summed E-state index contributed by atoms with van der Waals surface area (Å²) >= 11 is 0. The quantitative estimate of drug-likeness (QED) is 0.204. The van der Waals surface area contributed by atoms with Gasteiger partial charge in [0.2, 0.25) is 0 Å². The fraction of sp³-hybridized carbons (Fsp3) is 0.552. The Labute approximate surface area is 211 Å². The van der Waals surface area contributed by atoms with Crippen LogP contribution >= 0.6 is 0 Å². The number of aromatic nitrogens is 2. The second-order valence-corrected chi connectivity index (χ2v) is 9.98. The van der Waals surface area contributed by atoms with E-state index in [9.17, 15) is 9.59 Å². The van der Waals surface area contributed by atoms with Crippen molar-refractivity contribution in [2.24, 2.45) is 0 Å². The molecule has 0 unspecified atom stereocenters. The molecule has 35 heavy (non-hydrogen) atoms. The number of allylic oxidation sites excluding steroid dienone is 2. The molecule has 6 nitrogen and oxygen atoms in total. The van der Waals surface area contributed by atoms with Crippen LogP contribution in [0, 0.1) is 0 Å². The second-order valence-electron chi connectivity index (χ2n) is 9.98. The number of hydrogen-bond donors (Lipinski definition) is 0. The van der Waals surface area contributed by atoms with Gasteiger partial charge < -0.3 is 4.74 Å². The molecule has 0 saturated carbocycles. The summed E-state index contributed by atoms with van der Waals surface area (Å²) in [4.78, 5) is 31.0. The molecule has 0 aliphatic rings. The molecule has 0 bridgehead atoms. The third-order valence-electron chi connectivity index (χ3n) is 5.67. The monoisotopic (exact) mass is 481 g/mol. The van der Waals surface area contributed by atoms with Gasteiger partial charge in [0.15, 0.2) is 0 Å². The lowest BCUT2D eigenvalue weighted by Crippen LogP contribution is -2.37. The van der Waals surface area contributed by atoms with Crippen LogP contribution in [-0.2, 0) is 4.74 Å². The summed E-state index contributed by atoms with van der Waals surface area (Å²) in [7, 11) is 0. The number of imidazole rings is 1. The number of unbranched alkanes of at least 4 members (excludes halogenated alkanes) is 8. The van der Waals surface area contributed by atoms with Crippen LogP contribution in [0.2, 0.25) is 0 Å². The number of ether oxygens (including phenoxy) is 1. The van der Waals surface area contributed by atoms with Gasteiger partial charge in [-0.1, -0.05) is 57.6 Å². The maximum absolute atomic E-state index is 12.9. The standard InChI is InChI=1S/C29H43N3O3/c1-5-6-7-8-9-10-11-12-13-14-15-16-22-32(28(34)35-29(2,3)4)26-19-17-25(18-20-26)27(33)31-23-21-30-24-31/h13-14,17-21,23-24H,5-12,15-16,22H2,1-4H3/b14-13+. The molecular formula is C29H43N3O3. The average Bonchev–Trinajstić information content (AvgIpc) is 3.36. The Kier molecular flexibility index (Phi) is 12.3. The first-order chi connectivity index (χ1) is 16.8. The number of carbonyl (C=O) groups is 2. The lowest BCUT2D eigenvalue weighted by molar-refractivity contribution is 0.0580. The minimum atomic E-state index is -0.580. The molecule has 192 valence electrons. The largest absolute Gasteiger partial charge is 0.443 e. The zero-order valence-electron chi connectivity index (χ0n) is 22.0. The first kappa shape index (κ1) is 28.3. The molecule has 0 radical (unpaired) electrons. The van der Waals surface area contributed by atoms with E-state index in [0.29, 0.717) is 17.8 Å². The van der Waals surface area contributed by atoms with Gasteiger partial charge in [0.25, 0.3) is 5.91 Å². The Balaban J connectivity index is 1.87. The minimum absolute atomic E-state index is 0.163. The van der Waals surface area contributed by atoms with E-state index >= 15 is 0 Å². The van der Waals surface area contributed by atoms with Crippen LogP contribution in [-0.4, -0.2) is 33.7 Å². The number of carbonyl (C=O) groups excluding carboxylic acids is 2. The molecule has 1 aromatic heterocycles. The van der Waals surface area contributed by atoms with Gasteiger partial charge in [-0.05, 0) is 70.7 Å². The number of amides is 1. The van der Waals surface area contributed by atoms with E-state index in [1.54, 1.807) is 41.6 Å². The predicted molar refractivity (Wildman–Crippen MR) is 143 cm³/mol. The normalized spacial score (nSPS) is 11.7. The van der Waals surface area contributed by atoms with Crippen molar-refractivity contribution in [2.75, 3.05) is 11.4 Å². The Morgan fingerprint density at radius 3 is 2.17 bits per heavy atom. The summed E-state index contributed by atoms with van der Waals surface area (Å²) < 4.78 is 7.07. The predicted octanol–water partition coefficient (Wildman–Crippen LogP) is 7.79. The number of anilines is 1. The highest BCUT2D eigenvalue weighted by Crippen LogP contribution is 2.20. The molecule has 6 heteroatoms. The van der Waals surface area contributed by atoms with Crippen LogP contribution < -0.4 is 4.90 Å². The Bertz CT molecular complexity index is 896. The fourth-order valence-corrected chi connectivity index (χ4v) is 3.78. The van der Waals surface area contributed by atoms with Crippen molar-refractivity contribution in [1.82, 2.24) is 9.55 Å². The van der Waals surface area contributed by atoms with Gasteiger partial charge >= 0.3 is 6.09 Å². The summed E-state index contributed by atoms with van der Waals surface area (Å²) in [6.07, 6.45) is 20.9. The van der Waals surface area contributed by atoms with Crippen LogP contribution in [0.4, 0.5) is 10.5 Å². The van der Waals surface area contributed by atoms with E-state index < -0.39 is 5.60 Å². The number of benzene rings is 1. The maximum atomic E-state index is 12.9. The van der Waals surface area contributed by atoms with Gasteiger partial charge in [-0.15, -0.1) is 0 Å². The Morgan fingerprint density at radius 1 is 0.943 bits per heavy atom. The molecule has 1 amide bonds. The van der Waals surface area contributed by atoms with Crippen molar-refractivity contribution in [3.05, 3.63) is 60.7 Å². The van der Waals surface area contributed by atoms with E-state index in [1.165, 1.54) is 55.8 Å². The SMILES string of the molecule is CCCCCCCCC/C=C/CCCN(C(=O)OC(C)(C)C)c1ccc(C(=O)n2ccnc2)cc1. The smallest absolute Gasteiger partial charge is 0.414 e. The van der Waals surface area contributed by atoms with Gasteiger partial charge in [-0.2, -0.15) is 0 Å². The van der Waals surface area contributed by atoms with E-state index in [0.717, 1.165) is 19.3 Å². The molecule has 2 aromatic rings. The van der Waals surface area contributed by atoms with Crippen LogP contribution in [0.3, 0.4) is 0 Å². The van der Waals surface area contributed by atoms with E-state index in [2.05, 4.69) is 24.1 Å². The molecule has 0 saturated heterocycles. The van der Waals surface area contributed by atoms with Crippen molar-refractivity contribution >= 4 is 17.7 Å². The fourth-order valence-electron chi connectivity index (χ4n) is 3.78. The molecule has 0 aliphatic carbocycles. The second kappa shape index (κ2) is 15.2. The van der Waals surface area contributed by atoms with Crippen molar-refractivity contribution in [2.45, 2.75) is 97.5 Å². The highest BCUT2D eigenvalue weighted by molar-refractivity contribution is 5.96. The molecule has 1 aromatic carbocycles. The first-order valence-corrected chi connectivity index (χ1v) is 13.1. The lowest BCUT2D eigenvalue weighted by Gasteiger charge is -2.27. The third-order valence-corrected chi connectivity index (χ3v) is 5.67. The topological polar surface area (TPSA) is 64.4 Å². The minimum Gasteiger partial charge on any atom is -0.443 e. The first-order valence-electron chi connectivity index (χ1n) is 13.1. The molecule has 0 spiro atoms. The Morgan fingerprint density at radius 2 is 1.57 bits per heavy atom. The van der Waals surface area contributed by atoms with Crippen LogP contribution in [0.25, 0.3) is 0 Å². The van der Waals surface area contributed by atoms with Gasteiger partial charge in [-0.3, -0.25) is 14.3 Å². The molecule has 1 heterocycles. The molecule has 2 rings (SSSR count). The summed E-state index contributed by atoms with van der Waals surface area (Å²) in [5.41, 5.74) is 0.668. The van der Waals surface area contributed by atoms with Gasteiger partial charge in [0.1, 0.15) is 11.9 Å². The van der Waals surface area contributed by atoms with Gasteiger partial charge in [0, 0.05) is 30.2 Å². The summed E-state index contributed by atoms with van der Waals surface area (Å²) in [6, 6.07) is 7.06. The van der Waals surface area contributed by atoms with Crippen molar-refractivity contribution in [3.8, 4) is 0 Å². The average molecular weight is 482 g/mol. The van der Waals surface area contributed by atoms with Crippen molar-refractivity contribution in [1.29, 1.82) is 0 Å². The van der Waals surface area contributed by atoms with Crippen LogP contribution in [0.5, 0.6) is 0 Å². The highest BCUT2D eigenvalue weighted by Gasteiger charge is 2.23. The van der Waals surface area contributed by atoms with E-state index in [-0.39, 0.29) is 12.0 Å². The van der Waals surface area contributed by atoms with Gasteiger partial charge in [0.05, 0.1) is 0 Å². The summed E-state index contributed by atoms with van der Waals surface area (Å²) in [5.74, 6) is -0.163. The Hall–Kier alpha value is -2.89. The molecule has 0 atom stereocenters. The van der Waals surface area contributed by atoms with E-state index in [4.69, 9.17) is 4.74 Å².